The van der Waals surface area contributed by atoms with Crippen LogP contribution in [0.3, 0.4) is 0 Å². The van der Waals surface area contributed by atoms with Crippen molar-refractivity contribution in [3.8, 4) is 5.69 Å². The second-order valence-corrected chi connectivity index (χ2v) is 6.96. The van der Waals surface area contributed by atoms with Crippen molar-refractivity contribution in [3.05, 3.63) is 79.3 Å². The van der Waals surface area contributed by atoms with E-state index in [1.807, 2.05) is 59.6 Å². The first-order chi connectivity index (χ1) is 13.8. The molecular formula is C21H20N6O. The van der Waals surface area contributed by atoms with Gasteiger partial charge in [0.05, 0.1) is 5.52 Å². The summed E-state index contributed by atoms with van der Waals surface area (Å²) >= 11 is 0. The Labute approximate surface area is 162 Å². The number of rotatable bonds is 4. The molecule has 7 nitrogen and oxygen atoms in total. The number of benzene rings is 1. The molecule has 1 fully saturated rings. The quantitative estimate of drug-likeness (QED) is 0.598. The molecule has 4 aromatic rings. The minimum atomic E-state index is -0.143. The van der Waals surface area contributed by atoms with Crippen molar-refractivity contribution in [1.82, 2.24) is 24.3 Å². The van der Waals surface area contributed by atoms with Gasteiger partial charge >= 0.3 is 0 Å². The third kappa shape index (κ3) is 3.00. The number of para-hydroxylation sites is 1. The predicted molar refractivity (Wildman–Crippen MR) is 107 cm³/mol. The van der Waals surface area contributed by atoms with E-state index >= 15 is 0 Å². The lowest BCUT2D eigenvalue weighted by Gasteiger charge is -2.18. The zero-order valence-electron chi connectivity index (χ0n) is 15.3. The first-order valence-electron chi connectivity index (χ1n) is 9.35. The second-order valence-electron chi connectivity index (χ2n) is 6.96. The van der Waals surface area contributed by atoms with Gasteiger partial charge in [-0.3, -0.25) is 4.79 Å². The summed E-state index contributed by atoms with van der Waals surface area (Å²) in [4.78, 5) is 23.7. The van der Waals surface area contributed by atoms with E-state index in [4.69, 9.17) is 0 Å². The molecule has 1 unspecified atom stereocenters. The van der Waals surface area contributed by atoms with Gasteiger partial charge in [-0.05, 0) is 30.7 Å². The summed E-state index contributed by atoms with van der Waals surface area (Å²) in [6.07, 6.45) is 10.1. The molecule has 4 heterocycles. The van der Waals surface area contributed by atoms with Gasteiger partial charge in [-0.2, -0.15) is 0 Å². The number of anilines is 1. The van der Waals surface area contributed by atoms with Gasteiger partial charge in [-0.15, -0.1) is 0 Å². The molecule has 5 rings (SSSR count). The highest BCUT2D eigenvalue weighted by Gasteiger charge is 2.27. The van der Waals surface area contributed by atoms with E-state index in [1.54, 1.807) is 12.5 Å². The van der Waals surface area contributed by atoms with Crippen LogP contribution >= 0.6 is 0 Å². The standard InChI is InChI=1S/C21H20N6O/c28-21(18-14-27(15-23-18)17-5-2-1-3-6-17)24-16-8-11-26(13-16)20-19-7-4-10-25(19)12-9-22-20/h1-7,9-10,12,14-16H,8,11,13H2,(H,24,28). The van der Waals surface area contributed by atoms with Crippen molar-refractivity contribution in [2.75, 3.05) is 18.0 Å². The van der Waals surface area contributed by atoms with Gasteiger partial charge in [0, 0.05) is 49.6 Å². The third-order valence-electron chi connectivity index (χ3n) is 5.12. The average Bonchev–Trinajstić information content (AvgIpc) is 3.48. The first-order valence-corrected chi connectivity index (χ1v) is 9.35. The SMILES string of the molecule is O=C(NC1CCN(c2nccn3cccc23)C1)c1cn(-c2ccccc2)cn1. The lowest BCUT2D eigenvalue weighted by atomic mass is 10.2. The lowest BCUT2D eigenvalue weighted by Crippen LogP contribution is -2.37. The molecule has 1 amide bonds. The van der Waals surface area contributed by atoms with Crippen LogP contribution in [0.15, 0.2) is 73.6 Å². The monoisotopic (exact) mass is 372 g/mol. The molecule has 1 aliphatic heterocycles. The number of hydrogen-bond donors (Lipinski definition) is 1. The highest BCUT2D eigenvalue weighted by atomic mass is 16.2. The van der Waals surface area contributed by atoms with Gasteiger partial charge < -0.3 is 19.2 Å². The molecule has 1 aromatic carbocycles. The van der Waals surface area contributed by atoms with Gasteiger partial charge in [0.25, 0.3) is 5.91 Å². The van der Waals surface area contributed by atoms with Gasteiger partial charge in [0.15, 0.2) is 5.82 Å². The highest BCUT2D eigenvalue weighted by Crippen LogP contribution is 2.23. The van der Waals surface area contributed by atoms with Crippen LogP contribution in [0.4, 0.5) is 5.82 Å². The molecule has 140 valence electrons. The number of carbonyl (C=O) groups is 1. The summed E-state index contributed by atoms with van der Waals surface area (Å²) in [7, 11) is 0. The van der Waals surface area contributed by atoms with Gasteiger partial charge in [0.2, 0.25) is 0 Å². The summed E-state index contributed by atoms with van der Waals surface area (Å²) in [6.45, 7) is 1.60. The smallest absolute Gasteiger partial charge is 0.271 e. The zero-order valence-corrected chi connectivity index (χ0v) is 15.3. The van der Waals surface area contributed by atoms with Crippen LogP contribution in [-0.2, 0) is 0 Å². The Morgan fingerprint density at radius 1 is 1.07 bits per heavy atom. The Morgan fingerprint density at radius 2 is 1.96 bits per heavy atom. The predicted octanol–water partition coefficient (Wildman–Crippen LogP) is 2.53. The minimum Gasteiger partial charge on any atom is -0.353 e. The van der Waals surface area contributed by atoms with Crippen molar-refractivity contribution < 1.29 is 4.79 Å². The topological polar surface area (TPSA) is 67.5 Å². The summed E-state index contributed by atoms with van der Waals surface area (Å²) in [5, 5.41) is 3.11. The molecule has 0 bridgehead atoms. The fourth-order valence-electron chi connectivity index (χ4n) is 3.71. The minimum absolute atomic E-state index is 0.0754. The molecule has 1 aliphatic rings. The van der Waals surface area contributed by atoms with Crippen LogP contribution in [0, 0.1) is 0 Å². The Balaban J connectivity index is 1.27. The van der Waals surface area contributed by atoms with Crippen molar-refractivity contribution in [2.45, 2.75) is 12.5 Å². The highest BCUT2D eigenvalue weighted by molar-refractivity contribution is 5.92. The second kappa shape index (κ2) is 6.84. The number of nitrogens with zero attached hydrogens (tertiary/aromatic N) is 5. The zero-order chi connectivity index (χ0) is 18.9. The van der Waals surface area contributed by atoms with E-state index in [0.29, 0.717) is 5.69 Å². The van der Waals surface area contributed by atoms with E-state index < -0.39 is 0 Å². The molecule has 28 heavy (non-hydrogen) atoms. The van der Waals surface area contributed by atoms with Gasteiger partial charge in [0.1, 0.15) is 12.0 Å². The summed E-state index contributed by atoms with van der Waals surface area (Å²) in [5.74, 6) is 0.813. The van der Waals surface area contributed by atoms with E-state index in [0.717, 1.165) is 36.5 Å². The largest absolute Gasteiger partial charge is 0.353 e. The van der Waals surface area contributed by atoms with Gasteiger partial charge in [-0.25, -0.2) is 9.97 Å². The number of fused-ring (bicyclic) bond motifs is 1. The fourth-order valence-corrected chi connectivity index (χ4v) is 3.71. The van der Waals surface area contributed by atoms with Crippen LogP contribution in [0.25, 0.3) is 11.2 Å². The Morgan fingerprint density at radius 3 is 2.86 bits per heavy atom. The lowest BCUT2D eigenvalue weighted by molar-refractivity contribution is 0.0936. The number of amides is 1. The van der Waals surface area contributed by atoms with Crippen LogP contribution < -0.4 is 10.2 Å². The maximum atomic E-state index is 12.6. The average molecular weight is 372 g/mol. The van der Waals surface area contributed by atoms with E-state index in [1.165, 1.54) is 0 Å². The van der Waals surface area contributed by atoms with Crippen LogP contribution in [-0.4, -0.2) is 44.0 Å². The van der Waals surface area contributed by atoms with E-state index in [9.17, 15) is 4.79 Å². The fraction of sp³-hybridized carbons (Fsp3) is 0.190. The molecule has 0 radical (unpaired) electrons. The maximum Gasteiger partial charge on any atom is 0.271 e. The molecule has 0 spiro atoms. The van der Waals surface area contributed by atoms with Crippen LogP contribution in [0.2, 0.25) is 0 Å². The van der Waals surface area contributed by atoms with Crippen molar-refractivity contribution in [1.29, 1.82) is 0 Å². The number of nitrogens with one attached hydrogen (secondary N) is 1. The Kier molecular flexibility index (Phi) is 4.05. The molecule has 3 aromatic heterocycles. The van der Waals surface area contributed by atoms with Crippen LogP contribution in [0.1, 0.15) is 16.9 Å². The van der Waals surface area contributed by atoms with Crippen molar-refractivity contribution in [2.24, 2.45) is 0 Å². The van der Waals surface area contributed by atoms with Gasteiger partial charge in [-0.1, -0.05) is 18.2 Å². The maximum absolute atomic E-state index is 12.6. The third-order valence-corrected chi connectivity index (χ3v) is 5.12. The number of imidazole rings is 1. The Hall–Kier alpha value is -3.61. The normalized spacial score (nSPS) is 16.6. The Bertz CT molecular complexity index is 1120. The molecule has 0 saturated carbocycles. The number of aromatic nitrogens is 4. The molecule has 0 aliphatic carbocycles. The molecular weight excluding hydrogens is 352 g/mol. The molecule has 7 heteroatoms. The van der Waals surface area contributed by atoms with Crippen molar-refractivity contribution >= 4 is 17.2 Å². The number of hydrogen-bond acceptors (Lipinski definition) is 4. The van der Waals surface area contributed by atoms with Crippen molar-refractivity contribution in [3.63, 3.8) is 0 Å². The van der Waals surface area contributed by atoms with E-state index in [2.05, 4.69) is 30.7 Å². The summed E-state index contributed by atoms with van der Waals surface area (Å²) < 4.78 is 3.91. The summed E-state index contributed by atoms with van der Waals surface area (Å²) in [6, 6.07) is 14.0. The molecule has 1 N–H and O–H groups in total. The molecule has 1 saturated heterocycles. The molecule has 1 atom stereocenters. The first kappa shape index (κ1) is 16.6. The number of carbonyl (C=O) groups excluding carboxylic acids is 1. The van der Waals surface area contributed by atoms with Crippen LogP contribution in [0.5, 0.6) is 0 Å². The van der Waals surface area contributed by atoms with E-state index in [-0.39, 0.29) is 11.9 Å². The summed E-state index contributed by atoms with van der Waals surface area (Å²) in [5.41, 5.74) is 2.48.